The summed E-state index contributed by atoms with van der Waals surface area (Å²) in [5.74, 6) is 0.765. The van der Waals surface area contributed by atoms with Gasteiger partial charge in [0.2, 0.25) is 5.89 Å². The van der Waals surface area contributed by atoms with Crippen LogP contribution in [0.3, 0.4) is 0 Å². The first-order valence-electron chi connectivity index (χ1n) is 6.10. The van der Waals surface area contributed by atoms with Crippen molar-refractivity contribution in [3.8, 4) is 0 Å². The molecule has 2 aromatic rings. The number of nitrogens with two attached hydrogens (primary N) is 1. The summed E-state index contributed by atoms with van der Waals surface area (Å²) in [4.78, 5) is 6.77. The summed E-state index contributed by atoms with van der Waals surface area (Å²) in [7, 11) is 0. The Kier molecular flexibility index (Phi) is 3.64. The Labute approximate surface area is 101 Å². The number of oxazole rings is 1. The molecule has 2 rings (SSSR count). The van der Waals surface area contributed by atoms with Crippen LogP contribution >= 0.6 is 0 Å². The average molecular weight is 233 g/mol. The van der Waals surface area contributed by atoms with E-state index in [2.05, 4.69) is 23.7 Å². The summed E-state index contributed by atoms with van der Waals surface area (Å²) in [6.07, 6.45) is 1.14. The zero-order valence-corrected chi connectivity index (χ0v) is 10.4. The highest BCUT2D eigenvalue weighted by atomic mass is 16.3. The summed E-state index contributed by atoms with van der Waals surface area (Å²) in [6, 6.07) is 5.56. The second-order valence-electron chi connectivity index (χ2n) is 4.20. The molecule has 0 amide bonds. The van der Waals surface area contributed by atoms with Gasteiger partial charge in [0.1, 0.15) is 5.52 Å². The van der Waals surface area contributed by atoms with Crippen LogP contribution in [0.1, 0.15) is 26.2 Å². The highest BCUT2D eigenvalue weighted by Crippen LogP contribution is 2.19. The summed E-state index contributed by atoms with van der Waals surface area (Å²) in [5.41, 5.74) is 8.07. The van der Waals surface area contributed by atoms with Crippen LogP contribution in [-0.2, 0) is 6.54 Å². The van der Waals surface area contributed by atoms with E-state index in [4.69, 9.17) is 10.2 Å². The van der Waals surface area contributed by atoms with Crippen LogP contribution in [0.15, 0.2) is 22.6 Å². The van der Waals surface area contributed by atoms with Gasteiger partial charge in [-0.15, -0.1) is 0 Å². The molecular weight excluding hydrogens is 214 g/mol. The lowest BCUT2D eigenvalue weighted by Gasteiger charge is -2.16. The lowest BCUT2D eigenvalue weighted by Crippen LogP contribution is -2.23. The van der Waals surface area contributed by atoms with E-state index in [9.17, 15) is 0 Å². The van der Waals surface area contributed by atoms with E-state index in [-0.39, 0.29) is 0 Å². The molecule has 0 fully saturated rings. The number of hydrogen-bond donors (Lipinski definition) is 1. The molecule has 0 aliphatic heterocycles. The van der Waals surface area contributed by atoms with Gasteiger partial charge < -0.3 is 10.2 Å². The third kappa shape index (κ3) is 2.77. The fourth-order valence-electron chi connectivity index (χ4n) is 1.91. The maximum atomic E-state index is 5.71. The van der Waals surface area contributed by atoms with Gasteiger partial charge in [-0.2, -0.15) is 0 Å². The topological polar surface area (TPSA) is 55.3 Å². The van der Waals surface area contributed by atoms with E-state index >= 15 is 0 Å². The zero-order chi connectivity index (χ0) is 12.3. The van der Waals surface area contributed by atoms with Crippen LogP contribution in [0.25, 0.3) is 11.1 Å². The number of nitrogen functional groups attached to an aromatic ring is 1. The summed E-state index contributed by atoms with van der Waals surface area (Å²) < 4.78 is 5.69. The molecule has 0 saturated carbocycles. The van der Waals surface area contributed by atoms with E-state index in [1.165, 1.54) is 0 Å². The van der Waals surface area contributed by atoms with Crippen molar-refractivity contribution < 1.29 is 4.42 Å². The van der Waals surface area contributed by atoms with Gasteiger partial charge in [-0.25, -0.2) is 4.98 Å². The Morgan fingerprint density at radius 3 is 2.88 bits per heavy atom. The van der Waals surface area contributed by atoms with Crippen LogP contribution in [0, 0.1) is 0 Å². The minimum absolute atomic E-state index is 0.709. The number of rotatable bonds is 5. The first kappa shape index (κ1) is 11.9. The van der Waals surface area contributed by atoms with Gasteiger partial charge in [0, 0.05) is 11.8 Å². The Hall–Kier alpha value is -1.55. The molecule has 1 heterocycles. The number of anilines is 1. The lowest BCUT2D eigenvalue weighted by atomic mass is 10.3. The molecule has 0 spiro atoms. The fourth-order valence-corrected chi connectivity index (χ4v) is 1.91. The normalized spacial score (nSPS) is 11.5. The number of nitrogens with zero attached hydrogens (tertiary/aromatic N) is 2. The Morgan fingerprint density at radius 2 is 2.18 bits per heavy atom. The zero-order valence-electron chi connectivity index (χ0n) is 10.4. The monoisotopic (exact) mass is 233 g/mol. The third-order valence-corrected chi connectivity index (χ3v) is 2.80. The van der Waals surface area contributed by atoms with Crippen molar-refractivity contribution >= 4 is 16.8 Å². The largest absolute Gasteiger partial charge is 0.439 e. The second-order valence-corrected chi connectivity index (χ2v) is 4.20. The van der Waals surface area contributed by atoms with Gasteiger partial charge in [-0.1, -0.05) is 13.8 Å². The van der Waals surface area contributed by atoms with Crippen molar-refractivity contribution in [2.24, 2.45) is 0 Å². The molecule has 4 nitrogen and oxygen atoms in total. The first-order valence-corrected chi connectivity index (χ1v) is 6.10. The number of benzene rings is 1. The summed E-state index contributed by atoms with van der Waals surface area (Å²) >= 11 is 0. The maximum Gasteiger partial charge on any atom is 0.209 e. The van der Waals surface area contributed by atoms with E-state index in [0.29, 0.717) is 5.69 Å². The lowest BCUT2D eigenvalue weighted by molar-refractivity contribution is 0.254. The van der Waals surface area contributed by atoms with Gasteiger partial charge in [0.25, 0.3) is 0 Å². The molecule has 2 N–H and O–H groups in total. The number of hydrogen-bond acceptors (Lipinski definition) is 4. The average Bonchev–Trinajstić information content (AvgIpc) is 2.69. The SMILES string of the molecule is CCCN(CC)Cc1nc2ccc(N)cc2o1. The van der Waals surface area contributed by atoms with Crippen LogP contribution in [-0.4, -0.2) is 23.0 Å². The minimum atomic E-state index is 0.709. The Bertz CT molecular complexity index is 492. The fraction of sp³-hybridized carbons (Fsp3) is 0.462. The Morgan fingerprint density at radius 1 is 1.35 bits per heavy atom. The van der Waals surface area contributed by atoms with Gasteiger partial charge in [-0.05, 0) is 31.6 Å². The second kappa shape index (κ2) is 5.19. The van der Waals surface area contributed by atoms with Gasteiger partial charge in [-0.3, -0.25) is 4.90 Å². The molecule has 0 bridgehead atoms. The van der Waals surface area contributed by atoms with E-state index in [1.807, 2.05) is 18.2 Å². The smallest absolute Gasteiger partial charge is 0.209 e. The molecule has 0 aliphatic carbocycles. The standard InChI is InChI=1S/C13H19N3O/c1-3-7-16(4-2)9-13-15-11-6-5-10(14)8-12(11)17-13/h5-6,8H,3-4,7,9,14H2,1-2H3. The molecule has 0 atom stereocenters. The first-order chi connectivity index (χ1) is 8.22. The van der Waals surface area contributed by atoms with Gasteiger partial charge in [0.15, 0.2) is 5.58 Å². The highest BCUT2D eigenvalue weighted by Gasteiger charge is 2.09. The van der Waals surface area contributed by atoms with Crippen molar-refractivity contribution in [2.75, 3.05) is 18.8 Å². The van der Waals surface area contributed by atoms with E-state index in [0.717, 1.165) is 43.0 Å². The molecule has 0 aliphatic rings. The highest BCUT2D eigenvalue weighted by molar-refractivity contribution is 5.76. The molecule has 1 aromatic carbocycles. The molecule has 0 unspecified atom stereocenters. The van der Waals surface area contributed by atoms with Crippen LogP contribution in [0.4, 0.5) is 5.69 Å². The van der Waals surface area contributed by atoms with Gasteiger partial charge >= 0.3 is 0 Å². The van der Waals surface area contributed by atoms with Crippen molar-refractivity contribution in [3.63, 3.8) is 0 Å². The molecule has 0 radical (unpaired) electrons. The minimum Gasteiger partial charge on any atom is -0.439 e. The maximum absolute atomic E-state index is 5.71. The number of aromatic nitrogens is 1. The summed E-state index contributed by atoms with van der Waals surface area (Å²) in [5, 5.41) is 0. The molecular formula is C13H19N3O. The third-order valence-electron chi connectivity index (χ3n) is 2.80. The van der Waals surface area contributed by atoms with E-state index < -0.39 is 0 Å². The summed E-state index contributed by atoms with van der Waals surface area (Å²) in [6.45, 7) is 7.16. The molecule has 92 valence electrons. The van der Waals surface area contributed by atoms with Crippen molar-refractivity contribution in [1.29, 1.82) is 0 Å². The quantitative estimate of drug-likeness (QED) is 0.807. The number of fused-ring (bicyclic) bond motifs is 1. The molecule has 17 heavy (non-hydrogen) atoms. The predicted octanol–water partition coefficient (Wildman–Crippen LogP) is 2.64. The Balaban J connectivity index is 2.18. The molecule has 0 saturated heterocycles. The van der Waals surface area contributed by atoms with E-state index in [1.54, 1.807) is 0 Å². The van der Waals surface area contributed by atoms with Gasteiger partial charge in [0.05, 0.1) is 6.54 Å². The van der Waals surface area contributed by atoms with Crippen LogP contribution in [0.2, 0.25) is 0 Å². The predicted molar refractivity (Wildman–Crippen MR) is 69.7 cm³/mol. The van der Waals surface area contributed by atoms with Crippen molar-refractivity contribution in [3.05, 3.63) is 24.1 Å². The van der Waals surface area contributed by atoms with Crippen molar-refractivity contribution in [2.45, 2.75) is 26.8 Å². The van der Waals surface area contributed by atoms with Crippen LogP contribution in [0.5, 0.6) is 0 Å². The van der Waals surface area contributed by atoms with Crippen LogP contribution < -0.4 is 5.73 Å². The molecule has 1 aromatic heterocycles. The molecule has 4 heteroatoms. The van der Waals surface area contributed by atoms with Crippen molar-refractivity contribution in [1.82, 2.24) is 9.88 Å².